The number of hydrogen-bond donors (Lipinski definition) is 1. The van der Waals surface area contributed by atoms with Crippen molar-refractivity contribution in [2.75, 3.05) is 26.8 Å². The number of rotatable bonds is 13. The Morgan fingerprint density at radius 2 is 1.91 bits per heavy atom. The maximum atomic E-state index is 10.5. The smallest absolute Gasteiger partial charge is 0.227 e. The largest absolute Gasteiger partial charge is 0.437 e. The molecule has 33 heavy (non-hydrogen) atoms. The van der Waals surface area contributed by atoms with E-state index in [1.54, 1.807) is 17.9 Å². The molecule has 0 aliphatic heterocycles. The highest BCUT2D eigenvalue weighted by Gasteiger charge is 2.23. The Kier molecular flexibility index (Phi) is 9.51. The molecule has 6 nitrogen and oxygen atoms in total. The molecule has 0 aliphatic carbocycles. The zero-order valence-corrected chi connectivity index (χ0v) is 20.0. The van der Waals surface area contributed by atoms with Crippen LogP contribution >= 0.6 is 11.6 Å². The summed E-state index contributed by atoms with van der Waals surface area (Å²) in [6, 6.07) is 17.3. The molecule has 0 radical (unpaired) electrons. The van der Waals surface area contributed by atoms with Crippen molar-refractivity contribution in [3.05, 3.63) is 83.5 Å². The fourth-order valence-electron chi connectivity index (χ4n) is 3.58. The molecule has 3 aromatic rings. The van der Waals surface area contributed by atoms with Gasteiger partial charge in [0.05, 0.1) is 34.7 Å². The SMILES string of the molecule is C=CCCC(O)CN(CCOC)Cc1c(C)nn(-c2ccccc2)c1Oc1ccccc1Cl. The Bertz CT molecular complexity index is 1020. The summed E-state index contributed by atoms with van der Waals surface area (Å²) < 4.78 is 13.5. The summed E-state index contributed by atoms with van der Waals surface area (Å²) >= 11 is 6.40. The number of aryl methyl sites for hydroxylation is 1. The highest BCUT2D eigenvalue weighted by molar-refractivity contribution is 6.32. The van der Waals surface area contributed by atoms with E-state index in [4.69, 9.17) is 26.2 Å². The highest BCUT2D eigenvalue weighted by atomic mass is 35.5. The lowest BCUT2D eigenvalue weighted by Gasteiger charge is -2.25. The molecule has 0 spiro atoms. The number of nitrogens with zero attached hydrogens (tertiary/aromatic N) is 3. The fourth-order valence-corrected chi connectivity index (χ4v) is 3.75. The topological polar surface area (TPSA) is 59.8 Å². The first-order valence-electron chi connectivity index (χ1n) is 11.1. The molecule has 1 heterocycles. The molecular formula is C26H32ClN3O3. The first kappa shape index (κ1) is 25.0. The molecule has 0 saturated carbocycles. The first-order chi connectivity index (χ1) is 16.0. The number of benzene rings is 2. The zero-order chi connectivity index (χ0) is 23.6. The standard InChI is InChI=1S/C26H32ClN3O3/c1-4-5-13-22(31)18-29(16-17-32-3)19-23-20(2)28-30(21-11-7-6-8-12-21)26(23)33-25-15-10-9-14-24(25)27/h4,6-12,14-15,22,31H,1,5,13,16-19H2,2-3H3. The number of allylic oxidation sites excluding steroid dienone is 1. The van der Waals surface area contributed by atoms with Crippen molar-refractivity contribution in [3.63, 3.8) is 0 Å². The number of methoxy groups -OCH3 is 1. The van der Waals surface area contributed by atoms with Gasteiger partial charge in [0, 0.05) is 26.7 Å². The molecule has 0 aliphatic rings. The van der Waals surface area contributed by atoms with Gasteiger partial charge < -0.3 is 14.6 Å². The summed E-state index contributed by atoms with van der Waals surface area (Å²) in [6.07, 6.45) is 2.80. The number of aliphatic hydroxyl groups excluding tert-OH is 1. The fraction of sp³-hybridized carbons (Fsp3) is 0.346. The molecule has 1 unspecified atom stereocenters. The first-order valence-corrected chi connectivity index (χ1v) is 11.5. The van der Waals surface area contributed by atoms with Gasteiger partial charge in [0.2, 0.25) is 5.88 Å². The molecule has 0 fully saturated rings. The van der Waals surface area contributed by atoms with Crippen LogP contribution in [0.1, 0.15) is 24.1 Å². The lowest BCUT2D eigenvalue weighted by atomic mass is 10.1. The summed E-state index contributed by atoms with van der Waals surface area (Å²) in [6.45, 7) is 8.00. The lowest BCUT2D eigenvalue weighted by Crippen LogP contribution is -2.34. The zero-order valence-electron chi connectivity index (χ0n) is 19.3. The minimum absolute atomic E-state index is 0.461. The molecule has 0 bridgehead atoms. The van der Waals surface area contributed by atoms with Crippen LogP contribution in [0.4, 0.5) is 0 Å². The molecular weight excluding hydrogens is 438 g/mol. The van der Waals surface area contributed by atoms with Crippen LogP contribution in [0.5, 0.6) is 11.6 Å². The molecule has 0 saturated heterocycles. The minimum atomic E-state index is -0.461. The number of aromatic nitrogens is 2. The number of para-hydroxylation sites is 2. The van der Waals surface area contributed by atoms with Gasteiger partial charge in [-0.1, -0.05) is 48.0 Å². The van der Waals surface area contributed by atoms with Crippen molar-refractivity contribution in [1.82, 2.24) is 14.7 Å². The molecule has 1 aromatic heterocycles. The molecule has 1 atom stereocenters. The second-order valence-corrected chi connectivity index (χ2v) is 8.30. The molecule has 2 aromatic carbocycles. The number of halogens is 1. The second kappa shape index (κ2) is 12.6. The van der Waals surface area contributed by atoms with Crippen molar-refractivity contribution >= 4 is 11.6 Å². The summed E-state index contributed by atoms with van der Waals surface area (Å²) in [4.78, 5) is 2.16. The highest BCUT2D eigenvalue weighted by Crippen LogP contribution is 2.34. The average molecular weight is 470 g/mol. The van der Waals surface area contributed by atoms with Gasteiger partial charge in [-0.25, -0.2) is 4.68 Å². The van der Waals surface area contributed by atoms with E-state index in [1.807, 2.05) is 61.5 Å². The van der Waals surface area contributed by atoms with E-state index in [1.165, 1.54) is 0 Å². The predicted octanol–water partition coefficient (Wildman–Crippen LogP) is 5.40. The van der Waals surface area contributed by atoms with E-state index in [-0.39, 0.29) is 0 Å². The second-order valence-electron chi connectivity index (χ2n) is 7.90. The van der Waals surface area contributed by atoms with Crippen LogP contribution < -0.4 is 4.74 Å². The molecule has 7 heteroatoms. The third kappa shape index (κ3) is 6.92. The van der Waals surface area contributed by atoms with Gasteiger partial charge in [-0.3, -0.25) is 4.90 Å². The van der Waals surface area contributed by atoms with Gasteiger partial charge >= 0.3 is 0 Å². The van der Waals surface area contributed by atoms with Crippen LogP contribution in [0.15, 0.2) is 67.3 Å². The molecule has 1 N–H and O–H groups in total. The lowest BCUT2D eigenvalue weighted by molar-refractivity contribution is 0.0804. The van der Waals surface area contributed by atoms with Gasteiger partial charge in [0.15, 0.2) is 0 Å². The quantitative estimate of drug-likeness (QED) is 0.339. The van der Waals surface area contributed by atoms with Crippen LogP contribution in [0.2, 0.25) is 5.02 Å². The Balaban J connectivity index is 1.97. The maximum absolute atomic E-state index is 10.5. The van der Waals surface area contributed by atoms with Crippen molar-refractivity contribution in [2.24, 2.45) is 0 Å². The molecule has 176 valence electrons. The van der Waals surface area contributed by atoms with E-state index in [0.29, 0.717) is 49.3 Å². The summed E-state index contributed by atoms with van der Waals surface area (Å²) in [5, 5.41) is 15.8. The molecule has 0 amide bonds. The third-order valence-electron chi connectivity index (χ3n) is 5.35. The van der Waals surface area contributed by atoms with E-state index in [9.17, 15) is 5.11 Å². The van der Waals surface area contributed by atoms with Crippen molar-refractivity contribution in [1.29, 1.82) is 0 Å². The van der Waals surface area contributed by atoms with Gasteiger partial charge in [-0.05, 0) is 44.0 Å². The monoisotopic (exact) mass is 469 g/mol. The van der Waals surface area contributed by atoms with Crippen LogP contribution in [0.25, 0.3) is 5.69 Å². The Morgan fingerprint density at radius 1 is 1.18 bits per heavy atom. The van der Waals surface area contributed by atoms with Crippen molar-refractivity contribution in [3.8, 4) is 17.3 Å². The summed E-state index contributed by atoms with van der Waals surface area (Å²) in [5.41, 5.74) is 2.68. The van der Waals surface area contributed by atoms with Gasteiger partial charge in [-0.2, -0.15) is 5.10 Å². The van der Waals surface area contributed by atoms with E-state index in [0.717, 1.165) is 23.4 Å². The Hall–Kier alpha value is -2.64. The van der Waals surface area contributed by atoms with E-state index < -0.39 is 6.10 Å². The Morgan fingerprint density at radius 3 is 2.61 bits per heavy atom. The van der Waals surface area contributed by atoms with E-state index in [2.05, 4.69) is 11.5 Å². The number of hydrogen-bond acceptors (Lipinski definition) is 5. The van der Waals surface area contributed by atoms with Crippen LogP contribution in [-0.2, 0) is 11.3 Å². The van der Waals surface area contributed by atoms with Gasteiger partial charge in [0.25, 0.3) is 0 Å². The van der Waals surface area contributed by atoms with Gasteiger partial charge in [-0.15, -0.1) is 6.58 Å². The average Bonchev–Trinajstić information content (AvgIpc) is 3.13. The number of aliphatic hydroxyl groups is 1. The normalized spacial score (nSPS) is 12.2. The summed E-state index contributed by atoms with van der Waals surface area (Å²) in [7, 11) is 1.68. The van der Waals surface area contributed by atoms with Crippen molar-refractivity contribution < 1.29 is 14.6 Å². The third-order valence-corrected chi connectivity index (χ3v) is 5.66. The van der Waals surface area contributed by atoms with E-state index >= 15 is 0 Å². The van der Waals surface area contributed by atoms with Crippen LogP contribution in [0, 0.1) is 6.92 Å². The maximum Gasteiger partial charge on any atom is 0.227 e. The predicted molar refractivity (Wildman–Crippen MR) is 132 cm³/mol. The minimum Gasteiger partial charge on any atom is -0.437 e. The Labute approximate surface area is 201 Å². The molecule has 3 rings (SSSR count). The number of ether oxygens (including phenoxy) is 2. The van der Waals surface area contributed by atoms with Crippen LogP contribution in [-0.4, -0.2) is 52.7 Å². The van der Waals surface area contributed by atoms with Gasteiger partial charge in [0.1, 0.15) is 5.75 Å². The van der Waals surface area contributed by atoms with Crippen molar-refractivity contribution in [2.45, 2.75) is 32.4 Å². The summed E-state index contributed by atoms with van der Waals surface area (Å²) in [5.74, 6) is 1.17. The van der Waals surface area contributed by atoms with Crippen LogP contribution in [0.3, 0.4) is 0 Å².